The van der Waals surface area contributed by atoms with E-state index >= 15 is 0 Å². The number of benzene rings is 3. The predicted octanol–water partition coefficient (Wildman–Crippen LogP) is 4.03. The van der Waals surface area contributed by atoms with Crippen molar-refractivity contribution in [3.05, 3.63) is 76.9 Å². The van der Waals surface area contributed by atoms with Crippen LogP contribution in [0.3, 0.4) is 0 Å². The normalized spacial score (nSPS) is 17.5. The Labute approximate surface area is 242 Å². The summed E-state index contributed by atoms with van der Waals surface area (Å²) in [6.07, 6.45) is 0.285. The number of carbonyl (C=O) groups is 1. The fraction of sp³-hybridized carbons (Fsp3) is 0.355. The fourth-order valence-electron chi connectivity index (χ4n) is 5.86. The first kappa shape index (κ1) is 28.1. The quantitative estimate of drug-likeness (QED) is 0.262. The Morgan fingerprint density at radius 2 is 1.76 bits per heavy atom. The van der Waals surface area contributed by atoms with Crippen LogP contribution in [0.1, 0.15) is 40.4 Å². The summed E-state index contributed by atoms with van der Waals surface area (Å²) in [7, 11) is 2.09. The Bertz CT molecular complexity index is 1590. The lowest BCUT2D eigenvalue weighted by molar-refractivity contribution is 0.0904. The molecule has 0 aliphatic carbocycles. The first-order chi connectivity index (χ1) is 20.3. The number of likely N-dealkylation sites (N-methyl/N-ethyl adjacent to an activating group) is 1. The number of hydrogen-bond donors (Lipinski definition) is 4. The molecule has 5 N–H and O–H groups in total. The topological polar surface area (TPSA) is 120 Å². The number of nitrogens with zero attached hydrogens (tertiary/aromatic N) is 3. The molecule has 42 heavy (non-hydrogen) atoms. The Hall–Kier alpha value is -4.06. The molecule has 4 aromatic rings. The van der Waals surface area contributed by atoms with E-state index in [4.69, 9.17) is 15.6 Å². The third kappa shape index (κ3) is 5.55. The third-order valence-corrected chi connectivity index (χ3v) is 8.20. The van der Waals surface area contributed by atoms with Gasteiger partial charge in [0.2, 0.25) is 0 Å². The lowest BCUT2D eigenvalue weighted by Crippen LogP contribution is -2.44. The molecule has 1 unspecified atom stereocenters. The highest BCUT2D eigenvalue weighted by atomic mass is 19.1. The number of nitrogens with one attached hydrogen (secondary N) is 2. The van der Waals surface area contributed by atoms with Crippen LogP contribution in [0.2, 0.25) is 0 Å². The molecule has 2 aliphatic heterocycles. The third-order valence-electron chi connectivity index (χ3n) is 8.20. The van der Waals surface area contributed by atoms with E-state index < -0.39 is 23.6 Å². The van der Waals surface area contributed by atoms with E-state index in [0.29, 0.717) is 46.6 Å². The van der Waals surface area contributed by atoms with Crippen molar-refractivity contribution >= 4 is 28.2 Å². The summed E-state index contributed by atoms with van der Waals surface area (Å²) in [5.74, 6) is -2.09. The van der Waals surface area contributed by atoms with Gasteiger partial charge in [0.15, 0.2) is 0 Å². The molecule has 3 aromatic carbocycles. The number of piperazine rings is 1. The van der Waals surface area contributed by atoms with Crippen molar-refractivity contribution in [2.75, 3.05) is 56.7 Å². The van der Waals surface area contributed by atoms with Gasteiger partial charge in [-0.15, -0.1) is 0 Å². The zero-order valence-electron chi connectivity index (χ0n) is 23.4. The number of rotatable bonds is 7. The van der Waals surface area contributed by atoms with Gasteiger partial charge in [0.05, 0.1) is 22.3 Å². The number of ether oxygens (including phenoxy) is 1. The largest absolute Gasteiger partial charge is 0.384 e. The number of anilines is 2. The highest BCUT2D eigenvalue weighted by Crippen LogP contribution is 2.43. The molecule has 6 rings (SSSR count). The highest BCUT2D eigenvalue weighted by molar-refractivity contribution is 6.08. The van der Waals surface area contributed by atoms with Gasteiger partial charge in [-0.2, -0.15) is 5.10 Å². The molecule has 2 fully saturated rings. The Morgan fingerprint density at radius 1 is 1.05 bits per heavy atom. The number of primary amides is 1. The first-order valence-corrected chi connectivity index (χ1v) is 14.2. The zero-order chi connectivity index (χ0) is 29.4. The minimum atomic E-state index is -1.27. The Morgan fingerprint density at radius 3 is 2.45 bits per heavy atom. The molecule has 3 heterocycles. The van der Waals surface area contributed by atoms with Crippen molar-refractivity contribution in [3.8, 4) is 11.3 Å². The first-order valence-electron chi connectivity index (χ1n) is 14.2. The van der Waals surface area contributed by atoms with Crippen molar-refractivity contribution in [3.63, 3.8) is 0 Å². The molecule has 11 heteroatoms. The number of carbonyl (C=O) groups excluding carboxylic acids is 1. The van der Waals surface area contributed by atoms with Crippen LogP contribution in [0.15, 0.2) is 48.5 Å². The van der Waals surface area contributed by atoms with Gasteiger partial charge in [0.25, 0.3) is 5.91 Å². The molecule has 0 radical (unpaired) electrons. The van der Waals surface area contributed by atoms with Crippen molar-refractivity contribution in [2.24, 2.45) is 5.73 Å². The highest BCUT2D eigenvalue weighted by Gasteiger charge is 2.28. The van der Waals surface area contributed by atoms with E-state index in [9.17, 15) is 18.7 Å². The maximum atomic E-state index is 14.0. The van der Waals surface area contributed by atoms with E-state index in [1.807, 2.05) is 6.07 Å². The minimum Gasteiger partial charge on any atom is -0.384 e. The maximum absolute atomic E-state index is 14.0. The molecular formula is C31H34F2N6O3. The summed E-state index contributed by atoms with van der Waals surface area (Å²) >= 11 is 0. The van der Waals surface area contributed by atoms with Crippen LogP contribution in [0, 0.1) is 11.6 Å². The second kappa shape index (κ2) is 11.7. The molecule has 1 amide bonds. The number of aliphatic hydroxyl groups is 1. The molecule has 0 bridgehead atoms. The summed E-state index contributed by atoms with van der Waals surface area (Å²) in [6.45, 7) is 4.55. The van der Waals surface area contributed by atoms with Gasteiger partial charge in [-0.05, 0) is 67.4 Å². The van der Waals surface area contributed by atoms with Gasteiger partial charge in [-0.25, -0.2) is 8.78 Å². The lowest BCUT2D eigenvalue weighted by Gasteiger charge is -2.36. The summed E-state index contributed by atoms with van der Waals surface area (Å²) in [5.41, 5.74) is 10.4. The average molecular weight is 577 g/mol. The second-order valence-corrected chi connectivity index (χ2v) is 11.1. The maximum Gasteiger partial charge on any atom is 0.250 e. The van der Waals surface area contributed by atoms with E-state index in [2.05, 4.69) is 27.3 Å². The number of hydrogen-bond acceptors (Lipinski definition) is 7. The van der Waals surface area contributed by atoms with Crippen molar-refractivity contribution in [1.82, 2.24) is 15.1 Å². The summed E-state index contributed by atoms with van der Waals surface area (Å²) in [6, 6.07) is 12.0. The van der Waals surface area contributed by atoms with Gasteiger partial charge in [-0.1, -0.05) is 6.07 Å². The minimum absolute atomic E-state index is 0.0730. The molecule has 2 saturated heterocycles. The molecule has 0 saturated carbocycles. The predicted molar refractivity (Wildman–Crippen MR) is 158 cm³/mol. The molecule has 9 nitrogen and oxygen atoms in total. The monoisotopic (exact) mass is 576 g/mol. The smallest absolute Gasteiger partial charge is 0.250 e. The molecule has 2 aliphatic rings. The van der Waals surface area contributed by atoms with Gasteiger partial charge < -0.3 is 30.7 Å². The number of amides is 1. The Balaban J connectivity index is 1.52. The van der Waals surface area contributed by atoms with E-state index in [-0.39, 0.29) is 11.6 Å². The van der Waals surface area contributed by atoms with Crippen LogP contribution >= 0.6 is 0 Å². The van der Waals surface area contributed by atoms with E-state index in [0.717, 1.165) is 68.5 Å². The molecular weight excluding hydrogens is 542 g/mol. The standard InChI is InChI=1S/C31H34F2N6O3/c1-38-8-10-39(11-9-38)26-5-3-23(31(34)41)28(35-22-6-12-42-13-7-22)27(26)29-24-16-18(2-4-25(24)36-37-29)30(40)19-14-20(32)17-21(33)15-19/h2-5,14-17,22,30,35,40H,6-13H2,1H3,(H2,34,41)(H,36,37). The summed E-state index contributed by atoms with van der Waals surface area (Å²) in [4.78, 5) is 17.3. The number of nitrogens with two attached hydrogens (primary N) is 1. The van der Waals surface area contributed by atoms with Crippen LogP contribution in [-0.2, 0) is 4.74 Å². The molecule has 1 atom stereocenters. The number of aliphatic hydroxyl groups excluding tert-OH is 1. The van der Waals surface area contributed by atoms with E-state index in [1.54, 1.807) is 24.3 Å². The number of halogens is 2. The summed E-state index contributed by atoms with van der Waals surface area (Å²) < 4.78 is 33.5. The molecule has 1 aromatic heterocycles. The van der Waals surface area contributed by atoms with Gasteiger partial charge in [0, 0.05) is 62.6 Å². The van der Waals surface area contributed by atoms with Gasteiger partial charge in [-0.3, -0.25) is 9.89 Å². The molecule has 0 spiro atoms. The van der Waals surface area contributed by atoms with Crippen molar-refractivity contribution < 1.29 is 23.4 Å². The van der Waals surface area contributed by atoms with Gasteiger partial charge >= 0.3 is 0 Å². The van der Waals surface area contributed by atoms with E-state index in [1.165, 1.54) is 0 Å². The second-order valence-electron chi connectivity index (χ2n) is 11.1. The molecule has 220 valence electrons. The van der Waals surface area contributed by atoms with Crippen LogP contribution in [0.25, 0.3) is 22.2 Å². The number of H-pyrrole nitrogens is 1. The van der Waals surface area contributed by atoms with Gasteiger partial charge in [0.1, 0.15) is 23.4 Å². The Kier molecular flexibility index (Phi) is 7.80. The average Bonchev–Trinajstić information content (AvgIpc) is 3.40. The number of aromatic nitrogens is 2. The zero-order valence-corrected chi connectivity index (χ0v) is 23.4. The van der Waals surface area contributed by atoms with Crippen molar-refractivity contribution in [2.45, 2.75) is 25.0 Å². The lowest BCUT2D eigenvalue weighted by atomic mass is 9.94. The number of aromatic amines is 1. The van der Waals surface area contributed by atoms with Crippen LogP contribution < -0.4 is 16.0 Å². The van der Waals surface area contributed by atoms with Crippen LogP contribution in [-0.4, -0.2) is 78.6 Å². The SMILES string of the molecule is CN1CCN(c2ccc(C(N)=O)c(NC3CCOCC3)c2-c2n[nH]c3ccc(C(O)c4cc(F)cc(F)c4)cc23)CC1. The van der Waals surface area contributed by atoms with Crippen LogP contribution in [0.4, 0.5) is 20.2 Å². The van der Waals surface area contributed by atoms with Crippen LogP contribution in [0.5, 0.6) is 0 Å². The summed E-state index contributed by atoms with van der Waals surface area (Å²) in [5, 5.41) is 23.2. The number of fused-ring (bicyclic) bond motifs is 1. The van der Waals surface area contributed by atoms with Crippen molar-refractivity contribution in [1.29, 1.82) is 0 Å². The fourth-order valence-corrected chi connectivity index (χ4v) is 5.86.